The van der Waals surface area contributed by atoms with Gasteiger partial charge in [-0.15, -0.1) is 0 Å². The normalized spacial score (nSPS) is 11.7. The molecule has 0 saturated heterocycles. The monoisotopic (exact) mass is 268 g/mol. The minimum Gasteiger partial charge on any atom is -0.201 e. The van der Waals surface area contributed by atoms with Crippen LogP contribution in [0.1, 0.15) is 37.5 Å². The zero-order chi connectivity index (χ0) is 14.9. The van der Waals surface area contributed by atoms with E-state index in [1.807, 2.05) is 0 Å². The Kier molecular flexibility index (Phi) is 3.99. The molecule has 1 aromatic heterocycles. The lowest BCUT2D eigenvalue weighted by molar-refractivity contribution is -0.660. The molecule has 0 N–H and O–H groups in total. The highest BCUT2D eigenvalue weighted by Gasteiger charge is 2.19. The van der Waals surface area contributed by atoms with E-state index in [2.05, 4.69) is 82.8 Å². The molecule has 20 heavy (non-hydrogen) atoms. The summed E-state index contributed by atoms with van der Waals surface area (Å²) in [7, 11) is 2.15. The van der Waals surface area contributed by atoms with Gasteiger partial charge in [0.15, 0.2) is 6.20 Å². The minimum atomic E-state index is 0.321. The molecule has 2 aromatic rings. The first-order chi connectivity index (χ1) is 9.28. The van der Waals surface area contributed by atoms with E-state index in [-0.39, 0.29) is 0 Å². The predicted octanol–water partition coefficient (Wildman–Crippen LogP) is 4.38. The van der Waals surface area contributed by atoms with Crippen molar-refractivity contribution >= 4 is 0 Å². The van der Waals surface area contributed by atoms with Crippen molar-refractivity contribution in [3.63, 3.8) is 0 Å². The zero-order valence-corrected chi connectivity index (χ0v) is 13.6. The van der Waals surface area contributed by atoms with E-state index in [4.69, 9.17) is 0 Å². The van der Waals surface area contributed by atoms with Crippen LogP contribution in [0.5, 0.6) is 0 Å². The van der Waals surface area contributed by atoms with Crippen molar-refractivity contribution in [1.29, 1.82) is 0 Å². The van der Waals surface area contributed by atoms with Crippen molar-refractivity contribution < 1.29 is 4.57 Å². The molecule has 1 nitrogen and oxygen atoms in total. The molecule has 1 aromatic carbocycles. The van der Waals surface area contributed by atoms with Gasteiger partial charge in [-0.25, -0.2) is 4.57 Å². The van der Waals surface area contributed by atoms with Crippen LogP contribution in [0.3, 0.4) is 0 Å². The van der Waals surface area contributed by atoms with Gasteiger partial charge in [0, 0.05) is 17.2 Å². The van der Waals surface area contributed by atoms with Gasteiger partial charge in [-0.1, -0.05) is 39.0 Å². The minimum absolute atomic E-state index is 0.321. The van der Waals surface area contributed by atoms with Crippen LogP contribution in [0.15, 0.2) is 36.5 Å². The second kappa shape index (κ2) is 5.40. The lowest BCUT2D eigenvalue weighted by atomic mass is 9.87. The summed E-state index contributed by atoms with van der Waals surface area (Å²) < 4.78 is 2.26. The fraction of sp³-hybridized carbons (Fsp3) is 0.421. The van der Waals surface area contributed by atoms with E-state index in [1.54, 1.807) is 0 Å². The summed E-state index contributed by atoms with van der Waals surface area (Å²) in [5, 5.41) is 0. The first-order valence-electron chi connectivity index (χ1n) is 7.33. The Bertz CT molecular complexity index is 618. The Morgan fingerprint density at radius 3 is 2.25 bits per heavy atom. The van der Waals surface area contributed by atoms with Crippen LogP contribution in [0.25, 0.3) is 11.3 Å². The second-order valence-electron chi connectivity index (χ2n) is 7.03. The fourth-order valence-electron chi connectivity index (χ4n) is 2.69. The standard InChI is InChI=1S/C19H26N/c1-14-9-7-8-10-17(14)18-11-15(2)16(13-20(18)6)12-19(3,4)5/h7-11,13H,12H2,1-6H3/q+1. The Hall–Kier alpha value is -1.63. The van der Waals surface area contributed by atoms with Gasteiger partial charge in [-0.05, 0) is 42.9 Å². The number of aryl methyl sites for hydroxylation is 3. The third kappa shape index (κ3) is 3.27. The van der Waals surface area contributed by atoms with Gasteiger partial charge in [0.1, 0.15) is 7.05 Å². The molecule has 1 heterocycles. The van der Waals surface area contributed by atoms with E-state index in [1.165, 1.54) is 27.9 Å². The third-order valence-corrected chi connectivity index (χ3v) is 3.73. The van der Waals surface area contributed by atoms with Gasteiger partial charge in [0.05, 0.1) is 0 Å². The van der Waals surface area contributed by atoms with Gasteiger partial charge in [-0.2, -0.15) is 0 Å². The van der Waals surface area contributed by atoms with Crippen molar-refractivity contribution in [2.45, 2.75) is 41.0 Å². The van der Waals surface area contributed by atoms with Gasteiger partial charge < -0.3 is 0 Å². The lowest BCUT2D eigenvalue weighted by Crippen LogP contribution is -2.32. The Morgan fingerprint density at radius 2 is 1.65 bits per heavy atom. The number of pyridine rings is 1. The average molecular weight is 268 g/mol. The highest BCUT2D eigenvalue weighted by Crippen LogP contribution is 2.25. The van der Waals surface area contributed by atoms with Crippen LogP contribution in [0.2, 0.25) is 0 Å². The van der Waals surface area contributed by atoms with Crippen LogP contribution in [-0.4, -0.2) is 0 Å². The number of benzene rings is 1. The molecule has 0 saturated carbocycles. The molecule has 106 valence electrons. The fourth-order valence-corrected chi connectivity index (χ4v) is 2.69. The Morgan fingerprint density at radius 1 is 1.00 bits per heavy atom. The highest BCUT2D eigenvalue weighted by molar-refractivity contribution is 5.61. The molecule has 0 aliphatic carbocycles. The molecule has 0 amide bonds. The Balaban J connectivity index is 2.49. The molecule has 2 rings (SSSR count). The number of rotatable bonds is 2. The number of aromatic nitrogens is 1. The first-order valence-corrected chi connectivity index (χ1v) is 7.33. The van der Waals surface area contributed by atoms with E-state index >= 15 is 0 Å². The first kappa shape index (κ1) is 14.8. The summed E-state index contributed by atoms with van der Waals surface area (Å²) in [6, 6.07) is 10.9. The molecule has 0 fully saturated rings. The van der Waals surface area contributed by atoms with Crippen molar-refractivity contribution in [3.05, 3.63) is 53.2 Å². The summed E-state index contributed by atoms with van der Waals surface area (Å²) in [5.74, 6) is 0. The van der Waals surface area contributed by atoms with Crippen LogP contribution in [-0.2, 0) is 13.5 Å². The third-order valence-electron chi connectivity index (χ3n) is 3.73. The summed E-state index contributed by atoms with van der Waals surface area (Å²) in [6.07, 6.45) is 3.41. The quantitative estimate of drug-likeness (QED) is 0.711. The van der Waals surface area contributed by atoms with E-state index < -0.39 is 0 Å². The molecular weight excluding hydrogens is 242 g/mol. The molecular formula is C19H26N+. The van der Waals surface area contributed by atoms with Gasteiger partial charge in [-0.3, -0.25) is 0 Å². The number of hydrogen-bond acceptors (Lipinski definition) is 0. The molecule has 0 atom stereocenters. The van der Waals surface area contributed by atoms with E-state index in [0.29, 0.717) is 5.41 Å². The molecule has 0 unspecified atom stereocenters. The van der Waals surface area contributed by atoms with Crippen LogP contribution in [0.4, 0.5) is 0 Å². The topological polar surface area (TPSA) is 3.88 Å². The summed E-state index contributed by atoms with van der Waals surface area (Å²) >= 11 is 0. The molecule has 0 spiro atoms. The predicted molar refractivity (Wildman–Crippen MR) is 85.7 cm³/mol. The van der Waals surface area contributed by atoms with Crippen LogP contribution < -0.4 is 4.57 Å². The van der Waals surface area contributed by atoms with Crippen LogP contribution >= 0.6 is 0 Å². The van der Waals surface area contributed by atoms with Crippen molar-refractivity contribution in [3.8, 4) is 11.3 Å². The number of hydrogen-bond donors (Lipinski definition) is 0. The molecule has 0 aliphatic rings. The highest BCUT2D eigenvalue weighted by atomic mass is 14.9. The van der Waals surface area contributed by atoms with Crippen LogP contribution in [0, 0.1) is 19.3 Å². The number of nitrogens with zero attached hydrogens (tertiary/aromatic N) is 1. The van der Waals surface area contributed by atoms with Gasteiger partial charge >= 0.3 is 0 Å². The Labute approximate surface area is 123 Å². The maximum absolute atomic E-state index is 2.32. The van der Waals surface area contributed by atoms with E-state index in [0.717, 1.165) is 6.42 Å². The maximum Gasteiger partial charge on any atom is 0.212 e. The van der Waals surface area contributed by atoms with Crippen molar-refractivity contribution in [2.75, 3.05) is 0 Å². The van der Waals surface area contributed by atoms with Gasteiger partial charge in [0.2, 0.25) is 5.69 Å². The second-order valence-corrected chi connectivity index (χ2v) is 7.03. The van der Waals surface area contributed by atoms with E-state index in [9.17, 15) is 0 Å². The van der Waals surface area contributed by atoms with Crippen molar-refractivity contribution in [1.82, 2.24) is 0 Å². The molecule has 0 bridgehead atoms. The molecule has 1 heteroatoms. The average Bonchev–Trinajstić information content (AvgIpc) is 2.33. The van der Waals surface area contributed by atoms with Crippen molar-refractivity contribution in [2.24, 2.45) is 12.5 Å². The summed E-state index contributed by atoms with van der Waals surface area (Å²) in [5.41, 5.74) is 7.08. The SMILES string of the molecule is Cc1cc(-c2ccccc2C)[n+](C)cc1CC(C)(C)C. The largest absolute Gasteiger partial charge is 0.212 e. The molecule has 0 radical (unpaired) electrons. The summed E-state index contributed by atoms with van der Waals surface area (Å²) in [6.45, 7) is 11.3. The summed E-state index contributed by atoms with van der Waals surface area (Å²) in [4.78, 5) is 0. The lowest BCUT2D eigenvalue weighted by Gasteiger charge is -2.19. The maximum atomic E-state index is 2.32. The smallest absolute Gasteiger partial charge is 0.201 e. The van der Waals surface area contributed by atoms with Gasteiger partial charge in [0.25, 0.3) is 0 Å². The zero-order valence-electron chi connectivity index (χ0n) is 13.6. The molecule has 0 aliphatic heterocycles.